The van der Waals surface area contributed by atoms with Gasteiger partial charge in [-0.05, 0) is 54.4 Å². The molecule has 2 aliphatic carbocycles. The van der Waals surface area contributed by atoms with E-state index in [2.05, 4.69) is 34.9 Å². The van der Waals surface area contributed by atoms with Gasteiger partial charge in [0.2, 0.25) is 5.91 Å². The molecule has 0 bridgehead atoms. The summed E-state index contributed by atoms with van der Waals surface area (Å²) in [7, 11) is 0. The molecule has 0 spiro atoms. The zero-order valence-electron chi connectivity index (χ0n) is 20.2. The second-order valence-corrected chi connectivity index (χ2v) is 9.56. The van der Waals surface area contributed by atoms with Crippen molar-refractivity contribution in [2.45, 2.75) is 69.9 Å². The van der Waals surface area contributed by atoms with Crippen LogP contribution >= 0.6 is 0 Å². The fourth-order valence-electron chi connectivity index (χ4n) is 5.25. The van der Waals surface area contributed by atoms with Crippen LogP contribution in [0.15, 0.2) is 48.5 Å². The predicted octanol–water partition coefficient (Wildman–Crippen LogP) is 4.84. The number of nitrogens with one attached hydrogen (secondary N) is 2. The van der Waals surface area contributed by atoms with Crippen molar-refractivity contribution in [3.8, 4) is 11.1 Å². The zero-order chi connectivity index (χ0) is 24.8. The van der Waals surface area contributed by atoms with Crippen LogP contribution < -0.4 is 10.6 Å². The Labute approximate surface area is 206 Å². The van der Waals surface area contributed by atoms with E-state index in [0.29, 0.717) is 32.1 Å². The number of ether oxygens (including phenoxy) is 1. The number of rotatable bonds is 9. The summed E-state index contributed by atoms with van der Waals surface area (Å²) in [6.45, 7) is 2.23. The maximum absolute atomic E-state index is 13.0. The smallest absolute Gasteiger partial charge is 0.407 e. The summed E-state index contributed by atoms with van der Waals surface area (Å²) < 4.78 is 5.64. The number of alkyl carbamates (subject to hydrolysis) is 1. The van der Waals surface area contributed by atoms with Crippen molar-refractivity contribution >= 4 is 18.0 Å². The molecular weight excluding hydrogens is 444 g/mol. The Balaban J connectivity index is 1.34. The van der Waals surface area contributed by atoms with Gasteiger partial charge in [-0.3, -0.25) is 9.59 Å². The molecule has 0 heterocycles. The van der Waals surface area contributed by atoms with E-state index in [0.717, 1.165) is 35.1 Å². The second-order valence-electron chi connectivity index (χ2n) is 9.56. The first-order chi connectivity index (χ1) is 17.0. The maximum atomic E-state index is 13.0. The molecule has 1 atom stereocenters. The van der Waals surface area contributed by atoms with Gasteiger partial charge >= 0.3 is 12.1 Å². The highest BCUT2D eigenvalue weighted by molar-refractivity contribution is 5.86. The van der Waals surface area contributed by atoms with Gasteiger partial charge in [0.25, 0.3) is 0 Å². The third-order valence-electron chi connectivity index (χ3n) is 7.22. The summed E-state index contributed by atoms with van der Waals surface area (Å²) in [6, 6.07) is 15.6. The van der Waals surface area contributed by atoms with Crippen LogP contribution in [0.5, 0.6) is 0 Å². The van der Waals surface area contributed by atoms with E-state index in [1.807, 2.05) is 31.2 Å². The van der Waals surface area contributed by atoms with Crippen LogP contribution in [-0.4, -0.2) is 41.8 Å². The Bertz CT molecular complexity index is 1020. The quantitative estimate of drug-likeness (QED) is 0.478. The number of carboxylic acid groups (broad SMARTS) is 1. The molecule has 2 aromatic carbocycles. The van der Waals surface area contributed by atoms with Crippen LogP contribution in [0.2, 0.25) is 0 Å². The molecule has 2 aliphatic rings. The minimum Gasteiger partial charge on any atom is -0.481 e. The van der Waals surface area contributed by atoms with Gasteiger partial charge in [0.15, 0.2) is 0 Å². The number of fused-ring (bicyclic) bond motifs is 3. The van der Waals surface area contributed by atoms with Crippen molar-refractivity contribution < 1.29 is 24.2 Å². The molecule has 35 heavy (non-hydrogen) atoms. The molecule has 7 heteroatoms. The molecule has 3 N–H and O–H groups in total. The normalized spacial score (nSPS) is 19.8. The summed E-state index contributed by atoms with van der Waals surface area (Å²) >= 11 is 0. The molecular formula is C28H34N2O5. The number of carbonyl (C=O) groups is 3. The van der Waals surface area contributed by atoms with Crippen LogP contribution in [0.4, 0.5) is 4.79 Å². The van der Waals surface area contributed by atoms with Crippen LogP contribution in [0.25, 0.3) is 11.1 Å². The molecule has 1 unspecified atom stereocenters. The molecule has 1 saturated carbocycles. The first kappa shape index (κ1) is 24.8. The Kier molecular flexibility index (Phi) is 8.06. The molecule has 2 aromatic rings. The summed E-state index contributed by atoms with van der Waals surface area (Å²) in [5.74, 6) is -1.38. The third-order valence-corrected chi connectivity index (χ3v) is 7.22. The molecule has 7 nitrogen and oxygen atoms in total. The molecule has 0 radical (unpaired) electrons. The number of amides is 2. The molecule has 1 fully saturated rings. The monoisotopic (exact) mass is 478 g/mol. The highest BCUT2D eigenvalue weighted by atomic mass is 16.5. The molecule has 2 amide bonds. The van der Waals surface area contributed by atoms with Crippen molar-refractivity contribution in [2.24, 2.45) is 5.92 Å². The summed E-state index contributed by atoms with van der Waals surface area (Å²) in [5.41, 5.74) is 4.60. The third kappa shape index (κ3) is 5.84. The van der Waals surface area contributed by atoms with Crippen LogP contribution in [0.1, 0.15) is 68.9 Å². The van der Waals surface area contributed by atoms with E-state index in [1.54, 1.807) is 0 Å². The van der Waals surface area contributed by atoms with E-state index in [4.69, 9.17) is 4.74 Å². The lowest BCUT2D eigenvalue weighted by Crippen LogP contribution is -2.50. The van der Waals surface area contributed by atoms with Gasteiger partial charge in [-0.15, -0.1) is 0 Å². The van der Waals surface area contributed by atoms with E-state index in [1.165, 1.54) is 0 Å². The molecule has 0 aromatic heterocycles. The van der Waals surface area contributed by atoms with Gasteiger partial charge in [0.05, 0.1) is 5.92 Å². The highest BCUT2D eigenvalue weighted by Gasteiger charge is 2.31. The van der Waals surface area contributed by atoms with Crippen LogP contribution in [-0.2, 0) is 14.3 Å². The number of unbranched alkanes of at least 4 members (excludes halogenated alkanes) is 1. The number of aliphatic carboxylic acids is 1. The minimum atomic E-state index is -0.771. The highest BCUT2D eigenvalue weighted by Crippen LogP contribution is 2.44. The van der Waals surface area contributed by atoms with Gasteiger partial charge < -0.3 is 20.5 Å². The van der Waals surface area contributed by atoms with Crippen LogP contribution in [0, 0.1) is 5.92 Å². The number of carboxylic acids is 1. The van der Waals surface area contributed by atoms with E-state index in [9.17, 15) is 19.5 Å². The number of hydrogen-bond donors (Lipinski definition) is 3. The number of hydrogen-bond acceptors (Lipinski definition) is 4. The average molecular weight is 479 g/mol. The van der Waals surface area contributed by atoms with Crippen molar-refractivity contribution in [1.29, 1.82) is 0 Å². The number of benzene rings is 2. The van der Waals surface area contributed by atoms with Crippen molar-refractivity contribution in [3.63, 3.8) is 0 Å². The SMILES string of the molecule is CCCCC(NC(=O)OCC1c2ccccc2-c2ccccc21)C(=O)NC1CCC(C(=O)O)CC1. The molecule has 0 saturated heterocycles. The van der Waals surface area contributed by atoms with Gasteiger partial charge in [-0.2, -0.15) is 0 Å². The fraction of sp³-hybridized carbons (Fsp3) is 0.464. The van der Waals surface area contributed by atoms with Crippen LogP contribution in [0.3, 0.4) is 0 Å². The summed E-state index contributed by atoms with van der Waals surface area (Å²) in [6.07, 6.45) is 4.00. The lowest BCUT2D eigenvalue weighted by molar-refractivity contribution is -0.142. The zero-order valence-corrected chi connectivity index (χ0v) is 20.2. The Morgan fingerprint density at radius 3 is 2.14 bits per heavy atom. The van der Waals surface area contributed by atoms with Gasteiger partial charge in [0.1, 0.15) is 12.6 Å². The summed E-state index contributed by atoms with van der Waals surface area (Å²) in [5, 5.41) is 15.0. The topological polar surface area (TPSA) is 105 Å². The van der Waals surface area contributed by atoms with Crippen molar-refractivity contribution in [1.82, 2.24) is 10.6 Å². The maximum Gasteiger partial charge on any atom is 0.407 e. The van der Waals surface area contributed by atoms with E-state index in [-0.39, 0.29) is 30.4 Å². The predicted molar refractivity (Wildman–Crippen MR) is 133 cm³/mol. The van der Waals surface area contributed by atoms with Crippen molar-refractivity contribution in [3.05, 3.63) is 59.7 Å². The lowest BCUT2D eigenvalue weighted by atomic mass is 9.86. The second kappa shape index (κ2) is 11.4. The largest absolute Gasteiger partial charge is 0.481 e. The first-order valence-electron chi connectivity index (χ1n) is 12.6. The minimum absolute atomic E-state index is 0.0412. The standard InChI is InChI=1S/C28H34N2O5/c1-2-3-12-25(26(31)29-19-15-13-18(14-16-19)27(32)33)30-28(34)35-17-24-22-10-6-4-8-20(22)21-9-5-7-11-23(21)24/h4-11,18-19,24-25H,2-3,12-17H2,1H3,(H,29,31)(H,30,34)(H,32,33). The molecule has 186 valence electrons. The van der Waals surface area contributed by atoms with E-state index >= 15 is 0 Å². The molecule has 4 rings (SSSR count). The Hall–Kier alpha value is -3.35. The fourth-order valence-corrected chi connectivity index (χ4v) is 5.25. The van der Waals surface area contributed by atoms with E-state index < -0.39 is 18.1 Å². The Morgan fingerprint density at radius 1 is 0.971 bits per heavy atom. The lowest BCUT2D eigenvalue weighted by Gasteiger charge is -2.28. The molecule has 0 aliphatic heterocycles. The van der Waals surface area contributed by atoms with Gasteiger partial charge in [-0.1, -0.05) is 68.3 Å². The van der Waals surface area contributed by atoms with Crippen molar-refractivity contribution in [2.75, 3.05) is 6.61 Å². The average Bonchev–Trinajstić information content (AvgIpc) is 3.19. The van der Waals surface area contributed by atoms with Gasteiger partial charge in [-0.25, -0.2) is 4.79 Å². The Morgan fingerprint density at radius 2 is 1.57 bits per heavy atom. The summed E-state index contributed by atoms with van der Waals surface area (Å²) in [4.78, 5) is 36.9. The first-order valence-corrected chi connectivity index (χ1v) is 12.6. The number of carbonyl (C=O) groups excluding carboxylic acids is 2. The van der Waals surface area contributed by atoms with Gasteiger partial charge in [0, 0.05) is 12.0 Å².